The molecule has 0 unspecified atom stereocenters. The van der Waals surface area contributed by atoms with E-state index in [9.17, 15) is 45.3 Å². The van der Waals surface area contributed by atoms with Crippen LogP contribution < -0.4 is 0 Å². The van der Waals surface area contributed by atoms with Gasteiger partial charge in [0.2, 0.25) is 5.79 Å². The normalized spacial score (nSPS) is 40.5. The fourth-order valence-corrected chi connectivity index (χ4v) is 3.08. The third-order valence-electron chi connectivity index (χ3n) is 4.64. The Labute approximate surface area is 191 Å². The van der Waals surface area contributed by atoms with Gasteiger partial charge in [-0.15, -0.1) is 0 Å². The second-order valence-corrected chi connectivity index (χ2v) is 6.64. The molecule has 2 rings (SSSR count). The van der Waals surface area contributed by atoms with Gasteiger partial charge >= 0.3 is 35.0 Å². The highest BCUT2D eigenvalue weighted by molar-refractivity contribution is 5.90. The molecule has 2 aliphatic rings. The summed E-state index contributed by atoms with van der Waals surface area (Å²) in [6, 6.07) is 0. The summed E-state index contributed by atoms with van der Waals surface area (Å²) in [5.74, 6) is -5.15. The Balaban J connectivity index is 0.00000480. The summed E-state index contributed by atoms with van der Waals surface area (Å²) in [4.78, 5) is 22.4. The zero-order valence-corrected chi connectivity index (χ0v) is 15.4. The SMILES string of the molecule is O=C(O)/C=C\C(=O)O[C@H]1[C@H](O)[C@@H](CO)O[C@@]1(CO)O[C@H]1O[C@H](CO)[C@@H](O)[C@H](O)[C@H]1O.[MgH2]. The summed E-state index contributed by atoms with van der Waals surface area (Å²) in [5, 5.41) is 77.2. The van der Waals surface area contributed by atoms with Crippen LogP contribution in [0.4, 0.5) is 0 Å². The van der Waals surface area contributed by atoms with E-state index < -0.39 is 86.6 Å². The molecule has 0 amide bonds. The molecule has 0 radical (unpaired) electrons. The lowest BCUT2D eigenvalue weighted by Gasteiger charge is -2.43. The second kappa shape index (κ2) is 11.8. The van der Waals surface area contributed by atoms with Gasteiger partial charge in [-0.2, -0.15) is 0 Å². The van der Waals surface area contributed by atoms with Gasteiger partial charge in [0.25, 0.3) is 0 Å². The number of carbonyl (C=O) groups excluding carboxylic acids is 1. The Morgan fingerprint density at radius 1 is 0.903 bits per heavy atom. The van der Waals surface area contributed by atoms with E-state index in [-0.39, 0.29) is 23.1 Å². The third-order valence-corrected chi connectivity index (χ3v) is 4.64. The van der Waals surface area contributed by atoms with Crippen LogP contribution in [0.15, 0.2) is 12.2 Å². The zero-order chi connectivity index (χ0) is 22.6. The van der Waals surface area contributed by atoms with Crippen molar-refractivity contribution in [3.05, 3.63) is 12.2 Å². The summed E-state index contributed by atoms with van der Waals surface area (Å²) in [7, 11) is 0. The van der Waals surface area contributed by atoms with Crippen LogP contribution in [0, 0.1) is 0 Å². The minimum absolute atomic E-state index is 0. The van der Waals surface area contributed by atoms with Crippen LogP contribution in [0.1, 0.15) is 0 Å². The van der Waals surface area contributed by atoms with Crippen molar-refractivity contribution in [1.82, 2.24) is 0 Å². The van der Waals surface area contributed by atoms with Gasteiger partial charge < -0.3 is 59.8 Å². The van der Waals surface area contributed by atoms with Crippen molar-refractivity contribution in [1.29, 1.82) is 0 Å². The van der Waals surface area contributed by atoms with Crippen LogP contribution >= 0.6 is 0 Å². The molecule has 0 spiro atoms. The van der Waals surface area contributed by atoms with E-state index >= 15 is 0 Å². The lowest BCUT2D eigenvalue weighted by Crippen LogP contribution is -2.63. The molecular formula is C16H26MgO14. The van der Waals surface area contributed by atoms with E-state index in [1.54, 1.807) is 0 Å². The second-order valence-electron chi connectivity index (χ2n) is 6.64. The number of esters is 1. The van der Waals surface area contributed by atoms with Crippen LogP contribution in [0.25, 0.3) is 0 Å². The topological polar surface area (TPSA) is 233 Å². The molecule has 8 N–H and O–H groups in total. The Morgan fingerprint density at radius 3 is 2.03 bits per heavy atom. The molecule has 2 aliphatic heterocycles. The minimum Gasteiger partial charge on any atom is -0.478 e. The maximum Gasteiger partial charge on any atom is 0.331 e. The molecule has 176 valence electrons. The van der Waals surface area contributed by atoms with Crippen molar-refractivity contribution < 1.29 is 69.4 Å². The van der Waals surface area contributed by atoms with Crippen molar-refractivity contribution in [2.75, 3.05) is 19.8 Å². The molecule has 0 bridgehead atoms. The number of aliphatic hydroxyl groups excluding tert-OH is 7. The number of carboxylic acids is 1. The van der Waals surface area contributed by atoms with Crippen LogP contribution in [0.3, 0.4) is 0 Å². The van der Waals surface area contributed by atoms with Crippen molar-refractivity contribution >= 4 is 35.0 Å². The molecule has 2 fully saturated rings. The maximum atomic E-state index is 11.9. The molecular weight excluding hydrogens is 440 g/mol. The first-order chi connectivity index (χ1) is 14.1. The highest BCUT2D eigenvalue weighted by atomic mass is 24.3. The third kappa shape index (κ3) is 6.09. The van der Waals surface area contributed by atoms with E-state index in [4.69, 9.17) is 24.1 Å². The number of aliphatic carboxylic acids is 1. The van der Waals surface area contributed by atoms with Crippen LogP contribution in [-0.4, -0.2) is 150 Å². The molecule has 2 heterocycles. The highest BCUT2D eigenvalue weighted by Gasteiger charge is 2.60. The number of carbonyl (C=O) groups is 2. The van der Waals surface area contributed by atoms with E-state index in [1.165, 1.54) is 0 Å². The van der Waals surface area contributed by atoms with Crippen molar-refractivity contribution in [2.45, 2.75) is 54.8 Å². The predicted octanol–water partition coefficient (Wildman–Crippen LogP) is -6.12. The molecule has 0 aromatic heterocycles. The number of aliphatic hydroxyl groups is 7. The first-order valence-corrected chi connectivity index (χ1v) is 8.77. The quantitative estimate of drug-likeness (QED) is 0.0944. The summed E-state index contributed by atoms with van der Waals surface area (Å²) in [6.45, 7) is -2.70. The lowest BCUT2D eigenvalue weighted by atomic mass is 9.99. The molecule has 2 saturated heterocycles. The van der Waals surface area contributed by atoms with Gasteiger partial charge in [-0.05, 0) is 0 Å². The molecule has 15 heteroatoms. The van der Waals surface area contributed by atoms with Gasteiger partial charge in [0.1, 0.15) is 43.2 Å². The minimum atomic E-state index is -2.42. The Morgan fingerprint density at radius 2 is 1.52 bits per heavy atom. The Kier molecular flexibility index (Phi) is 10.7. The Hall–Kier alpha value is -0.954. The Bertz CT molecular complexity index is 644. The van der Waals surface area contributed by atoms with Crippen molar-refractivity contribution in [3.8, 4) is 0 Å². The van der Waals surface area contributed by atoms with Gasteiger partial charge in [0.15, 0.2) is 12.4 Å². The van der Waals surface area contributed by atoms with Gasteiger partial charge in [-0.3, -0.25) is 0 Å². The monoisotopic (exact) mass is 466 g/mol. The fourth-order valence-electron chi connectivity index (χ4n) is 3.08. The first kappa shape index (κ1) is 28.1. The summed E-state index contributed by atoms with van der Waals surface area (Å²) in [6.07, 6.45) is -12.7. The van der Waals surface area contributed by atoms with E-state index in [2.05, 4.69) is 0 Å². The number of hydrogen-bond acceptors (Lipinski definition) is 13. The molecule has 0 aliphatic carbocycles. The van der Waals surface area contributed by atoms with E-state index in [0.29, 0.717) is 12.2 Å². The number of carboxylic acid groups (broad SMARTS) is 1. The van der Waals surface area contributed by atoms with Gasteiger partial charge in [-0.25, -0.2) is 9.59 Å². The van der Waals surface area contributed by atoms with E-state index in [0.717, 1.165) is 0 Å². The molecule has 14 nitrogen and oxygen atoms in total. The standard InChI is InChI=1S/C16H24O14.Mg.2H/c17-3-6-10(23)12(25)13(26)15(27-6)30-16(5-19)14(11(24)7(4-18)29-16)28-9(22)2-1-8(20)21;;;/h1-2,6-7,10-15,17-19,23-26H,3-5H2,(H,20,21);;;/b2-1-;;;/t6-,7-,10-,11-,12+,13-,14+,15-,16+;;;/m1.../s1. The maximum absolute atomic E-state index is 11.9. The number of rotatable bonds is 8. The first-order valence-electron chi connectivity index (χ1n) is 8.77. The fraction of sp³-hybridized carbons (Fsp3) is 0.750. The predicted molar refractivity (Wildman–Crippen MR) is 97.8 cm³/mol. The largest absolute Gasteiger partial charge is 0.478 e. The highest BCUT2D eigenvalue weighted by Crippen LogP contribution is 2.37. The van der Waals surface area contributed by atoms with Crippen LogP contribution in [0.2, 0.25) is 0 Å². The van der Waals surface area contributed by atoms with Gasteiger partial charge in [-0.1, -0.05) is 0 Å². The van der Waals surface area contributed by atoms with Gasteiger partial charge in [0.05, 0.1) is 13.2 Å². The molecule has 31 heavy (non-hydrogen) atoms. The molecule has 9 atom stereocenters. The summed E-state index contributed by atoms with van der Waals surface area (Å²) >= 11 is 0. The zero-order valence-electron chi connectivity index (χ0n) is 15.4. The van der Waals surface area contributed by atoms with Crippen LogP contribution in [-0.2, 0) is 28.5 Å². The number of ether oxygens (including phenoxy) is 4. The summed E-state index contributed by atoms with van der Waals surface area (Å²) in [5.41, 5.74) is 0. The molecule has 0 aromatic rings. The van der Waals surface area contributed by atoms with Crippen LogP contribution in [0.5, 0.6) is 0 Å². The lowest BCUT2D eigenvalue weighted by molar-refractivity contribution is -0.383. The van der Waals surface area contributed by atoms with Gasteiger partial charge in [0, 0.05) is 12.2 Å². The average molecular weight is 467 g/mol. The molecule has 0 saturated carbocycles. The molecule has 0 aromatic carbocycles. The van der Waals surface area contributed by atoms with Crippen molar-refractivity contribution in [3.63, 3.8) is 0 Å². The average Bonchev–Trinajstić information content (AvgIpc) is 2.98. The smallest absolute Gasteiger partial charge is 0.331 e. The summed E-state index contributed by atoms with van der Waals surface area (Å²) < 4.78 is 20.8. The van der Waals surface area contributed by atoms with Crippen molar-refractivity contribution in [2.24, 2.45) is 0 Å². The van der Waals surface area contributed by atoms with E-state index in [1.807, 2.05) is 0 Å². The number of hydrogen-bond donors (Lipinski definition) is 8.